The SMILES string of the molecule is Cc1ccc(C(C)(C)C)c2c1C(NC1CC1)CO2. The Bertz CT molecular complexity index is 469. The Morgan fingerprint density at radius 1 is 1.22 bits per heavy atom. The first-order valence-electron chi connectivity index (χ1n) is 6.99. The fourth-order valence-corrected chi connectivity index (χ4v) is 2.79. The highest BCUT2D eigenvalue weighted by Gasteiger charge is 2.34. The van der Waals surface area contributed by atoms with E-state index in [0.717, 1.165) is 18.4 Å². The Morgan fingerprint density at radius 3 is 2.56 bits per heavy atom. The van der Waals surface area contributed by atoms with Gasteiger partial charge in [-0.05, 0) is 36.3 Å². The summed E-state index contributed by atoms with van der Waals surface area (Å²) >= 11 is 0. The highest BCUT2D eigenvalue weighted by molar-refractivity contribution is 5.52. The molecule has 1 unspecified atom stereocenters. The van der Waals surface area contributed by atoms with Gasteiger partial charge in [0.05, 0.1) is 6.04 Å². The highest BCUT2D eigenvalue weighted by Crippen LogP contribution is 2.43. The lowest BCUT2D eigenvalue weighted by Gasteiger charge is -2.23. The molecule has 1 saturated carbocycles. The zero-order valence-electron chi connectivity index (χ0n) is 11.8. The van der Waals surface area contributed by atoms with Crippen molar-refractivity contribution < 1.29 is 4.74 Å². The van der Waals surface area contributed by atoms with Crippen LogP contribution in [0.1, 0.15) is 56.3 Å². The number of ether oxygens (including phenoxy) is 1. The monoisotopic (exact) mass is 245 g/mol. The minimum absolute atomic E-state index is 0.145. The van der Waals surface area contributed by atoms with Gasteiger partial charge in [0.2, 0.25) is 0 Å². The molecular formula is C16H23NO. The average Bonchev–Trinajstić information content (AvgIpc) is 2.97. The number of hydrogen-bond acceptors (Lipinski definition) is 2. The normalized spacial score (nSPS) is 22.8. The second kappa shape index (κ2) is 3.99. The molecule has 2 heteroatoms. The van der Waals surface area contributed by atoms with Gasteiger partial charge in [0.1, 0.15) is 12.4 Å². The Labute approximate surface area is 110 Å². The van der Waals surface area contributed by atoms with E-state index in [1.807, 2.05) is 0 Å². The molecular weight excluding hydrogens is 222 g/mol. The fourth-order valence-electron chi connectivity index (χ4n) is 2.79. The maximum atomic E-state index is 6.02. The van der Waals surface area contributed by atoms with Crippen molar-refractivity contribution in [3.8, 4) is 5.75 Å². The molecule has 1 aliphatic carbocycles. The second-order valence-corrected chi connectivity index (χ2v) is 6.73. The number of nitrogens with one attached hydrogen (secondary N) is 1. The molecule has 3 rings (SSSR count). The Hall–Kier alpha value is -1.02. The van der Waals surface area contributed by atoms with Gasteiger partial charge in [-0.2, -0.15) is 0 Å². The topological polar surface area (TPSA) is 21.3 Å². The van der Waals surface area contributed by atoms with Crippen LogP contribution in [-0.2, 0) is 5.41 Å². The van der Waals surface area contributed by atoms with E-state index in [4.69, 9.17) is 4.74 Å². The van der Waals surface area contributed by atoms with Gasteiger partial charge in [0, 0.05) is 11.6 Å². The molecule has 1 heterocycles. The first-order valence-corrected chi connectivity index (χ1v) is 6.99. The number of fused-ring (bicyclic) bond motifs is 1. The smallest absolute Gasteiger partial charge is 0.128 e. The van der Waals surface area contributed by atoms with Crippen LogP contribution in [0.25, 0.3) is 0 Å². The first kappa shape index (κ1) is 12.0. The third-order valence-electron chi connectivity index (χ3n) is 3.98. The summed E-state index contributed by atoms with van der Waals surface area (Å²) < 4.78 is 6.02. The molecule has 1 N–H and O–H groups in total. The Morgan fingerprint density at radius 2 is 1.94 bits per heavy atom. The lowest BCUT2D eigenvalue weighted by molar-refractivity contribution is 0.304. The van der Waals surface area contributed by atoms with E-state index >= 15 is 0 Å². The second-order valence-electron chi connectivity index (χ2n) is 6.73. The Balaban J connectivity index is 2.01. The van der Waals surface area contributed by atoms with Crippen molar-refractivity contribution >= 4 is 0 Å². The summed E-state index contributed by atoms with van der Waals surface area (Å²) in [7, 11) is 0. The molecule has 0 radical (unpaired) electrons. The van der Waals surface area contributed by atoms with Crippen LogP contribution in [0.4, 0.5) is 0 Å². The van der Waals surface area contributed by atoms with Gasteiger partial charge in [0.25, 0.3) is 0 Å². The van der Waals surface area contributed by atoms with Gasteiger partial charge < -0.3 is 10.1 Å². The molecule has 2 nitrogen and oxygen atoms in total. The molecule has 0 saturated heterocycles. The number of aryl methyl sites for hydroxylation is 1. The van der Waals surface area contributed by atoms with Crippen molar-refractivity contribution in [3.63, 3.8) is 0 Å². The molecule has 0 amide bonds. The molecule has 0 spiro atoms. The largest absolute Gasteiger partial charge is 0.491 e. The lowest BCUT2D eigenvalue weighted by atomic mass is 9.84. The molecule has 98 valence electrons. The van der Waals surface area contributed by atoms with Crippen LogP contribution in [0.3, 0.4) is 0 Å². The summed E-state index contributed by atoms with van der Waals surface area (Å²) in [5.74, 6) is 1.14. The zero-order chi connectivity index (χ0) is 12.9. The van der Waals surface area contributed by atoms with E-state index in [0.29, 0.717) is 6.04 Å². The molecule has 1 aromatic carbocycles. The number of benzene rings is 1. The summed E-state index contributed by atoms with van der Waals surface area (Å²) in [4.78, 5) is 0. The van der Waals surface area contributed by atoms with Crippen LogP contribution in [-0.4, -0.2) is 12.6 Å². The van der Waals surface area contributed by atoms with Crippen LogP contribution in [0.2, 0.25) is 0 Å². The van der Waals surface area contributed by atoms with Crippen LogP contribution in [0, 0.1) is 6.92 Å². The fraction of sp³-hybridized carbons (Fsp3) is 0.625. The van der Waals surface area contributed by atoms with Gasteiger partial charge in [-0.1, -0.05) is 32.9 Å². The first-order chi connectivity index (χ1) is 8.47. The van der Waals surface area contributed by atoms with E-state index in [-0.39, 0.29) is 5.41 Å². The molecule has 1 aliphatic heterocycles. The summed E-state index contributed by atoms with van der Waals surface area (Å²) in [5.41, 5.74) is 4.23. The van der Waals surface area contributed by atoms with Gasteiger partial charge in [-0.15, -0.1) is 0 Å². The van der Waals surface area contributed by atoms with Crippen LogP contribution in [0.15, 0.2) is 12.1 Å². The molecule has 0 aromatic heterocycles. The number of hydrogen-bond donors (Lipinski definition) is 1. The van der Waals surface area contributed by atoms with Crippen molar-refractivity contribution in [1.82, 2.24) is 5.32 Å². The standard InChI is InChI=1S/C16H23NO/c1-10-5-8-12(16(2,3)4)15-14(10)13(9-18-15)17-11-6-7-11/h5,8,11,13,17H,6-7,9H2,1-4H3. The molecule has 1 atom stereocenters. The minimum atomic E-state index is 0.145. The van der Waals surface area contributed by atoms with Gasteiger partial charge >= 0.3 is 0 Å². The third kappa shape index (κ3) is 2.03. The minimum Gasteiger partial charge on any atom is -0.491 e. The Kier molecular flexibility index (Phi) is 2.67. The maximum Gasteiger partial charge on any atom is 0.128 e. The third-order valence-corrected chi connectivity index (χ3v) is 3.98. The van der Waals surface area contributed by atoms with Crippen LogP contribution in [0.5, 0.6) is 5.75 Å². The van der Waals surface area contributed by atoms with Crippen molar-refractivity contribution in [2.45, 2.75) is 58.0 Å². The van der Waals surface area contributed by atoms with E-state index in [1.165, 1.54) is 29.5 Å². The van der Waals surface area contributed by atoms with Gasteiger partial charge in [-0.3, -0.25) is 0 Å². The molecule has 2 aliphatic rings. The summed E-state index contributed by atoms with van der Waals surface area (Å²) in [6.45, 7) is 9.75. The van der Waals surface area contributed by atoms with E-state index < -0.39 is 0 Å². The van der Waals surface area contributed by atoms with Crippen molar-refractivity contribution in [3.05, 3.63) is 28.8 Å². The van der Waals surface area contributed by atoms with Gasteiger partial charge in [-0.25, -0.2) is 0 Å². The maximum absolute atomic E-state index is 6.02. The zero-order valence-corrected chi connectivity index (χ0v) is 11.8. The van der Waals surface area contributed by atoms with Crippen LogP contribution >= 0.6 is 0 Å². The lowest BCUT2D eigenvalue weighted by Crippen LogP contribution is -2.24. The summed E-state index contributed by atoms with van der Waals surface area (Å²) in [6.07, 6.45) is 2.65. The molecule has 1 fully saturated rings. The van der Waals surface area contributed by atoms with Crippen LogP contribution < -0.4 is 10.1 Å². The predicted molar refractivity (Wildman–Crippen MR) is 74.3 cm³/mol. The van der Waals surface area contributed by atoms with Crippen molar-refractivity contribution in [2.75, 3.05) is 6.61 Å². The number of rotatable bonds is 2. The van der Waals surface area contributed by atoms with E-state index in [9.17, 15) is 0 Å². The summed E-state index contributed by atoms with van der Waals surface area (Å²) in [5, 5.41) is 3.70. The van der Waals surface area contributed by atoms with E-state index in [2.05, 4.69) is 45.1 Å². The molecule has 1 aromatic rings. The molecule has 18 heavy (non-hydrogen) atoms. The van der Waals surface area contributed by atoms with Crippen molar-refractivity contribution in [2.24, 2.45) is 0 Å². The van der Waals surface area contributed by atoms with E-state index in [1.54, 1.807) is 0 Å². The van der Waals surface area contributed by atoms with Gasteiger partial charge in [0.15, 0.2) is 0 Å². The predicted octanol–water partition coefficient (Wildman–Crippen LogP) is 3.48. The average molecular weight is 245 g/mol. The molecule has 0 bridgehead atoms. The van der Waals surface area contributed by atoms with Crippen molar-refractivity contribution in [1.29, 1.82) is 0 Å². The highest BCUT2D eigenvalue weighted by atomic mass is 16.5. The summed E-state index contributed by atoms with van der Waals surface area (Å²) in [6, 6.07) is 5.60. The quantitative estimate of drug-likeness (QED) is 0.861.